The Hall–Kier alpha value is -1.73. The number of aryl methyl sites for hydroxylation is 1. The third-order valence-corrected chi connectivity index (χ3v) is 4.25. The second-order valence-electron chi connectivity index (χ2n) is 4.49. The summed E-state index contributed by atoms with van der Waals surface area (Å²) in [5, 5.41) is 11.3. The van der Waals surface area contributed by atoms with E-state index in [-0.39, 0.29) is 4.88 Å². The van der Waals surface area contributed by atoms with Gasteiger partial charge in [0.15, 0.2) is 0 Å². The first kappa shape index (κ1) is 14.7. The Balaban J connectivity index is 2.27. The fourth-order valence-corrected chi connectivity index (χ4v) is 2.90. The average molecular weight is 300 g/mol. The number of hydrogen-bond acceptors (Lipinski definition) is 4. The van der Waals surface area contributed by atoms with Crippen LogP contribution in [0.15, 0.2) is 18.2 Å². The zero-order chi connectivity index (χ0) is 14.9. The van der Waals surface area contributed by atoms with Crippen molar-refractivity contribution in [1.82, 2.24) is 5.32 Å². The minimum absolute atomic E-state index is 0.211. The summed E-state index contributed by atoms with van der Waals surface area (Å²) in [6.45, 7) is -0.344. The molecule has 0 bridgehead atoms. The molecular weight excluding hydrogens is 286 g/mol. The molecule has 0 fully saturated rings. The fourth-order valence-electron chi connectivity index (χ4n) is 1.79. The number of carbonyl (C=O) groups is 1. The van der Waals surface area contributed by atoms with Crippen LogP contribution >= 0.6 is 11.3 Å². The van der Waals surface area contributed by atoms with Crippen molar-refractivity contribution in [2.75, 3.05) is 18.9 Å². The second kappa shape index (κ2) is 5.34. The highest BCUT2D eigenvalue weighted by molar-refractivity contribution is 7.21. The first-order chi connectivity index (χ1) is 9.35. The van der Waals surface area contributed by atoms with E-state index >= 15 is 0 Å². The molecule has 2 rings (SSSR count). The maximum Gasteiger partial charge on any atom is 0.287 e. The maximum atomic E-state index is 12.9. The molecule has 108 valence electrons. The molecular formula is C13H14F2N2O2S. The predicted molar refractivity (Wildman–Crippen MR) is 75.3 cm³/mol. The maximum absolute atomic E-state index is 12.9. The standard InChI is InChI=1S/C13H14F2N2O2S/c1-7-3-2-4-8-9(16)11(20-10(7)8)12(19)17-5-13(14,15)6-18/h2-4,18H,5-6,16H2,1H3,(H,17,19). The lowest BCUT2D eigenvalue weighted by Gasteiger charge is -2.13. The Morgan fingerprint density at radius 2 is 2.20 bits per heavy atom. The number of aliphatic hydroxyl groups excluding tert-OH is 1. The molecule has 0 unspecified atom stereocenters. The van der Waals surface area contributed by atoms with Gasteiger partial charge in [0, 0.05) is 10.1 Å². The van der Waals surface area contributed by atoms with Crippen molar-refractivity contribution >= 4 is 33.0 Å². The van der Waals surface area contributed by atoms with Gasteiger partial charge >= 0.3 is 0 Å². The number of aliphatic hydroxyl groups is 1. The van der Waals surface area contributed by atoms with Crippen LogP contribution in [0.4, 0.5) is 14.5 Å². The third kappa shape index (κ3) is 2.73. The van der Waals surface area contributed by atoms with Crippen LogP contribution in [0, 0.1) is 6.92 Å². The van der Waals surface area contributed by atoms with E-state index in [1.165, 1.54) is 11.3 Å². The van der Waals surface area contributed by atoms with Gasteiger partial charge in [-0.1, -0.05) is 18.2 Å². The monoisotopic (exact) mass is 300 g/mol. The highest BCUT2D eigenvalue weighted by atomic mass is 32.1. The second-order valence-corrected chi connectivity index (χ2v) is 5.51. The number of amides is 1. The number of hydrogen-bond donors (Lipinski definition) is 3. The van der Waals surface area contributed by atoms with Crippen molar-refractivity contribution in [2.24, 2.45) is 0 Å². The number of thiophene rings is 1. The largest absolute Gasteiger partial charge is 0.397 e. The van der Waals surface area contributed by atoms with Crippen molar-refractivity contribution in [1.29, 1.82) is 0 Å². The highest BCUT2D eigenvalue weighted by Crippen LogP contribution is 2.35. The summed E-state index contributed by atoms with van der Waals surface area (Å²) in [6.07, 6.45) is 0. The molecule has 0 aliphatic carbocycles. The van der Waals surface area contributed by atoms with Gasteiger partial charge < -0.3 is 16.2 Å². The van der Waals surface area contributed by atoms with Gasteiger partial charge in [0.05, 0.1) is 12.2 Å². The number of nitrogens with two attached hydrogens (primary N) is 1. The molecule has 0 saturated heterocycles. The van der Waals surface area contributed by atoms with E-state index in [9.17, 15) is 13.6 Å². The summed E-state index contributed by atoms with van der Waals surface area (Å²) in [5.74, 6) is -3.99. The average Bonchev–Trinajstić information content (AvgIpc) is 2.76. The Morgan fingerprint density at radius 1 is 1.50 bits per heavy atom. The van der Waals surface area contributed by atoms with Gasteiger partial charge in [-0.2, -0.15) is 0 Å². The summed E-state index contributed by atoms with van der Waals surface area (Å²) in [6, 6.07) is 5.50. The topological polar surface area (TPSA) is 75.4 Å². The van der Waals surface area contributed by atoms with E-state index in [2.05, 4.69) is 5.32 Å². The summed E-state index contributed by atoms with van der Waals surface area (Å²) < 4.78 is 26.7. The summed E-state index contributed by atoms with van der Waals surface area (Å²) in [7, 11) is 0. The summed E-state index contributed by atoms with van der Waals surface area (Å²) >= 11 is 1.17. The highest BCUT2D eigenvalue weighted by Gasteiger charge is 2.29. The minimum atomic E-state index is -3.34. The number of alkyl halides is 2. The van der Waals surface area contributed by atoms with Gasteiger partial charge in [-0.05, 0) is 12.5 Å². The summed E-state index contributed by atoms with van der Waals surface area (Å²) in [5.41, 5.74) is 7.15. The van der Waals surface area contributed by atoms with Gasteiger partial charge in [0.1, 0.15) is 11.5 Å². The van der Waals surface area contributed by atoms with E-state index < -0.39 is 25.0 Å². The van der Waals surface area contributed by atoms with Crippen LogP contribution in [-0.2, 0) is 0 Å². The van der Waals surface area contributed by atoms with Crippen LogP contribution < -0.4 is 11.1 Å². The molecule has 1 heterocycles. The number of carbonyl (C=O) groups excluding carboxylic acids is 1. The molecule has 2 aromatic rings. The van der Waals surface area contributed by atoms with E-state index in [1.807, 2.05) is 19.1 Å². The zero-order valence-electron chi connectivity index (χ0n) is 10.7. The van der Waals surface area contributed by atoms with E-state index in [1.54, 1.807) is 6.07 Å². The molecule has 7 heteroatoms. The van der Waals surface area contributed by atoms with Crippen LogP contribution in [0.1, 0.15) is 15.2 Å². The van der Waals surface area contributed by atoms with Crippen molar-refractivity contribution < 1.29 is 18.7 Å². The number of nitrogen functional groups attached to an aromatic ring is 1. The first-order valence-corrected chi connectivity index (χ1v) is 6.72. The zero-order valence-corrected chi connectivity index (χ0v) is 11.6. The smallest absolute Gasteiger partial charge is 0.287 e. The molecule has 0 spiro atoms. The van der Waals surface area contributed by atoms with Gasteiger partial charge in [0.25, 0.3) is 11.8 Å². The van der Waals surface area contributed by atoms with Crippen LogP contribution in [0.3, 0.4) is 0 Å². The Bertz CT molecular complexity index is 655. The first-order valence-electron chi connectivity index (χ1n) is 5.90. The number of rotatable bonds is 4. The molecule has 1 amide bonds. The predicted octanol–water partition coefficient (Wildman–Crippen LogP) is 2.15. The molecule has 0 atom stereocenters. The van der Waals surface area contributed by atoms with Crippen LogP contribution in [0.25, 0.3) is 10.1 Å². The molecule has 4 N–H and O–H groups in total. The van der Waals surface area contributed by atoms with Gasteiger partial charge in [-0.25, -0.2) is 8.78 Å². The molecule has 0 radical (unpaired) electrons. The van der Waals surface area contributed by atoms with Crippen molar-refractivity contribution in [3.63, 3.8) is 0 Å². The Labute approximate surface area is 118 Å². The Morgan fingerprint density at radius 3 is 2.80 bits per heavy atom. The van der Waals surface area contributed by atoms with Crippen molar-refractivity contribution in [2.45, 2.75) is 12.8 Å². The summed E-state index contributed by atoms with van der Waals surface area (Å²) in [4.78, 5) is 12.1. The van der Waals surface area contributed by atoms with Gasteiger partial charge in [-0.3, -0.25) is 4.79 Å². The van der Waals surface area contributed by atoms with Gasteiger partial charge in [-0.15, -0.1) is 11.3 Å². The van der Waals surface area contributed by atoms with E-state index in [0.717, 1.165) is 15.6 Å². The Kier molecular flexibility index (Phi) is 3.92. The molecule has 20 heavy (non-hydrogen) atoms. The number of nitrogens with one attached hydrogen (secondary N) is 1. The van der Waals surface area contributed by atoms with Crippen molar-refractivity contribution in [3.8, 4) is 0 Å². The molecule has 0 aliphatic heterocycles. The molecule has 1 aromatic carbocycles. The quantitative estimate of drug-likeness (QED) is 0.810. The minimum Gasteiger partial charge on any atom is -0.397 e. The third-order valence-electron chi connectivity index (χ3n) is 2.90. The fraction of sp³-hybridized carbons (Fsp3) is 0.308. The van der Waals surface area contributed by atoms with E-state index in [0.29, 0.717) is 5.69 Å². The van der Waals surface area contributed by atoms with Crippen LogP contribution in [0.2, 0.25) is 0 Å². The molecule has 1 aromatic heterocycles. The van der Waals surface area contributed by atoms with Gasteiger partial charge in [0.2, 0.25) is 0 Å². The lowest BCUT2D eigenvalue weighted by atomic mass is 10.1. The SMILES string of the molecule is Cc1cccc2c(N)c(C(=O)NCC(F)(F)CO)sc12. The normalized spacial score (nSPS) is 11.8. The van der Waals surface area contributed by atoms with Crippen LogP contribution in [-0.4, -0.2) is 30.1 Å². The number of anilines is 1. The molecule has 4 nitrogen and oxygen atoms in total. The lowest BCUT2D eigenvalue weighted by molar-refractivity contribution is -0.0461. The lowest BCUT2D eigenvalue weighted by Crippen LogP contribution is -2.38. The van der Waals surface area contributed by atoms with Crippen LogP contribution in [0.5, 0.6) is 0 Å². The number of fused-ring (bicyclic) bond motifs is 1. The molecule has 0 saturated carbocycles. The number of halogens is 2. The number of benzene rings is 1. The van der Waals surface area contributed by atoms with Crippen molar-refractivity contribution in [3.05, 3.63) is 28.6 Å². The van der Waals surface area contributed by atoms with E-state index in [4.69, 9.17) is 10.8 Å². The molecule has 0 aliphatic rings.